The van der Waals surface area contributed by atoms with E-state index in [0.717, 1.165) is 31.6 Å². The molecule has 160 valence electrons. The molecular weight excluding hydrogens is 378 g/mol. The Bertz CT molecular complexity index is 860. The summed E-state index contributed by atoms with van der Waals surface area (Å²) in [6.07, 6.45) is 3.31. The van der Waals surface area contributed by atoms with E-state index in [4.69, 9.17) is 4.74 Å². The lowest BCUT2D eigenvalue weighted by Gasteiger charge is -2.26. The first-order valence-electron chi connectivity index (χ1n) is 10.7. The lowest BCUT2D eigenvalue weighted by Crippen LogP contribution is -2.35. The second-order valence-electron chi connectivity index (χ2n) is 8.04. The molecule has 1 saturated heterocycles. The first kappa shape index (κ1) is 21.7. The number of nitrogens with zero attached hydrogens (tertiary/aromatic N) is 1. The molecule has 2 aromatic carbocycles. The van der Waals surface area contributed by atoms with Crippen LogP contribution in [0.3, 0.4) is 0 Å². The molecule has 2 N–H and O–H groups in total. The minimum absolute atomic E-state index is 0.0547. The van der Waals surface area contributed by atoms with Gasteiger partial charge in [0.25, 0.3) is 5.91 Å². The largest absolute Gasteiger partial charge is 0.491 e. The number of ether oxygens (including phenoxy) is 1. The predicted octanol–water partition coefficient (Wildman–Crippen LogP) is 4.40. The molecule has 0 saturated carbocycles. The Labute approximate surface area is 178 Å². The van der Waals surface area contributed by atoms with E-state index < -0.39 is 0 Å². The molecule has 1 fully saturated rings. The van der Waals surface area contributed by atoms with Crippen LogP contribution in [-0.4, -0.2) is 43.0 Å². The standard InChI is InChI=1S/C24H31N3O3/c1-18(2)17-30-22-12-5-4-11-21(22)26-23(28)16-25-20-10-8-9-19(15-20)24(29)27-13-6-3-7-14-27/h4-5,8-12,15,18,25H,3,6-7,13-14,16-17H2,1-2H3,(H,26,28). The highest BCUT2D eigenvalue weighted by Crippen LogP contribution is 2.24. The average molecular weight is 410 g/mol. The lowest BCUT2D eigenvalue weighted by atomic mass is 10.1. The van der Waals surface area contributed by atoms with Gasteiger partial charge in [0.2, 0.25) is 5.91 Å². The van der Waals surface area contributed by atoms with Crippen molar-refractivity contribution in [2.24, 2.45) is 5.92 Å². The van der Waals surface area contributed by atoms with E-state index in [0.29, 0.717) is 29.5 Å². The summed E-state index contributed by atoms with van der Waals surface area (Å²) in [5.74, 6) is 0.936. The molecule has 3 rings (SSSR count). The van der Waals surface area contributed by atoms with Crippen LogP contribution in [0.2, 0.25) is 0 Å². The maximum absolute atomic E-state index is 12.7. The van der Waals surface area contributed by atoms with Crippen LogP contribution in [0.1, 0.15) is 43.5 Å². The molecule has 0 bridgehead atoms. The molecule has 6 heteroatoms. The van der Waals surface area contributed by atoms with Gasteiger partial charge in [-0.05, 0) is 55.5 Å². The van der Waals surface area contributed by atoms with Gasteiger partial charge in [-0.1, -0.05) is 32.0 Å². The van der Waals surface area contributed by atoms with Crippen LogP contribution < -0.4 is 15.4 Å². The molecule has 0 aromatic heterocycles. The molecule has 0 aliphatic carbocycles. The molecule has 2 amide bonds. The summed E-state index contributed by atoms with van der Waals surface area (Å²) < 4.78 is 5.78. The van der Waals surface area contributed by atoms with Crippen LogP contribution in [0, 0.1) is 5.92 Å². The molecule has 30 heavy (non-hydrogen) atoms. The molecule has 1 aliphatic heterocycles. The third-order valence-corrected chi connectivity index (χ3v) is 4.94. The van der Waals surface area contributed by atoms with Gasteiger partial charge in [0.1, 0.15) is 5.75 Å². The summed E-state index contributed by atoms with van der Waals surface area (Å²) in [7, 11) is 0. The summed E-state index contributed by atoms with van der Waals surface area (Å²) in [4.78, 5) is 27.0. The van der Waals surface area contributed by atoms with Gasteiger partial charge in [-0.3, -0.25) is 9.59 Å². The van der Waals surface area contributed by atoms with Crippen LogP contribution in [0.4, 0.5) is 11.4 Å². The molecule has 0 radical (unpaired) electrons. The second-order valence-corrected chi connectivity index (χ2v) is 8.04. The van der Waals surface area contributed by atoms with E-state index in [1.165, 1.54) is 6.42 Å². The quantitative estimate of drug-likeness (QED) is 0.678. The fourth-order valence-electron chi connectivity index (χ4n) is 3.37. The van der Waals surface area contributed by atoms with Crippen molar-refractivity contribution in [2.45, 2.75) is 33.1 Å². The fourth-order valence-corrected chi connectivity index (χ4v) is 3.37. The van der Waals surface area contributed by atoms with Crippen molar-refractivity contribution >= 4 is 23.2 Å². The van der Waals surface area contributed by atoms with Crippen molar-refractivity contribution < 1.29 is 14.3 Å². The van der Waals surface area contributed by atoms with E-state index in [2.05, 4.69) is 24.5 Å². The van der Waals surface area contributed by atoms with Gasteiger partial charge in [0, 0.05) is 24.3 Å². The number of nitrogens with one attached hydrogen (secondary N) is 2. The zero-order valence-corrected chi connectivity index (χ0v) is 17.8. The summed E-state index contributed by atoms with van der Waals surface area (Å²) in [6.45, 7) is 6.47. The van der Waals surface area contributed by atoms with Crippen molar-refractivity contribution in [2.75, 3.05) is 36.9 Å². The molecule has 6 nitrogen and oxygen atoms in total. The number of likely N-dealkylation sites (tertiary alicyclic amines) is 1. The SMILES string of the molecule is CC(C)COc1ccccc1NC(=O)CNc1cccc(C(=O)N2CCCCC2)c1. The Morgan fingerprint density at radius 1 is 1.03 bits per heavy atom. The molecule has 0 atom stereocenters. The Morgan fingerprint density at radius 3 is 2.57 bits per heavy atom. The number of para-hydroxylation sites is 2. The van der Waals surface area contributed by atoms with E-state index in [-0.39, 0.29) is 18.4 Å². The summed E-state index contributed by atoms with van der Waals surface area (Å²) in [6, 6.07) is 14.8. The number of carbonyl (C=O) groups excluding carboxylic acids is 2. The molecule has 1 aliphatic rings. The third kappa shape index (κ3) is 6.24. The van der Waals surface area contributed by atoms with Gasteiger partial charge >= 0.3 is 0 Å². The minimum Gasteiger partial charge on any atom is -0.491 e. The fraction of sp³-hybridized carbons (Fsp3) is 0.417. The molecular formula is C24H31N3O3. The van der Waals surface area contributed by atoms with Crippen LogP contribution in [-0.2, 0) is 4.79 Å². The van der Waals surface area contributed by atoms with Gasteiger partial charge in [-0.25, -0.2) is 0 Å². The first-order valence-corrected chi connectivity index (χ1v) is 10.7. The van der Waals surface area contributed by atoms with Gasteiger partial charge in [-0.15, -0.1) is 0 Å². The van der Waals surface area contributed by atoms with Crippen molar-refractivity contribution in [3.8, 4) is 5.75 Å². The van der Waals surface area contributed by atoms with E-state index in [1.807, 2.05) is 53.4 Å². The van der Waals surface area contributed by atoms with Crippen molar-refractivity contribution in [3.05, 3.63) is 54.1 Å². The number of hydrogen-bond donors (Lipinski definition) is 2. The van der Waals surface area contributed by atoms with Gasteiger partial charge in [0.15, 0.2) is 0 Å². The van der Waals surface area contributed by atoms with Crippen LogP contribution >= 0.6 is 0 Å². The predicted molar refractivity (Wildman–Crippen MR) is 120 cm³/mol. The van der Waals surface area contributed by atoms with Crippen molar-refractivity contribution in [1.82, 2.24) is 4.90 Å². The van der Waals surface area contributed by atoms with E-state index in [1.54, 1.807) is 0 Å². The third-order valence-electron chi connectivity index (χ3n) is 4.94. The lowest BCUT2D eigenvalue weighted by molar-refractivity contribution is -0.114. The number of piperidine rings is 1. The molecule has 0 spiro atoms. The summed E-state index contributed by atoms with van der Waals surface area (Å²) in [5.41, 5.74) is 2.05. The second kappa shape index (κ2) is 10.7. The topological polar surface area (TPSA) is 70.7 Å². The maximum atomic E-state index is 12.7. The monoisotopic (exact) mass is 409 g/mol. The number of rotatable bonds is 8. The Morgan fingerprint density at radius 2 is 1.80 bits per heavy atom. The summed E-state index contributed by atoms with van der Waals surface area (Å²) >= 11 is 0. The van der Waals surface area contributed by atoms with Gasteiger partial charge in [0.05, 0.1) is 18.8 Å². The minimum atomic E-state index is -0.177. The van der Waals surface area contributed by atoms with E-state index in [9.17, 15) is 9.59 Å². The number of amides is 2. The normalized spacial score (nSPS) is 13.8. The summed E-state index contributed by atoms with van der Waals surface area (Å²) in [5, 5.41) is 6.00. The molecule has 2 aromatic rings. The number of carbonyl (C=O) groups is 2. The van der Waals surface area contributed by atoms with Crippen molar-refractivity contribution in [3.63, 3.8) is 0 Å². The highest BCUT2D eigenvalue weighted by atomic mass is 16.5. The highest BCUT2D eigenvalue weighted by Gasteiger charge is 2.18. The molecule has 1 heterocycles. The smallest absolute Gasteiger partial charge is 0.253 e. The number of benzene rings is 2. The van der Waals surface area contributed by atoms with Gasteiger partial charge in [-0.2, -0.15) is 0 Å². The maximum Gasteiger partial charge on any atom is 0.253 e. The first-order chi connectivity index (χ1) is 14.5. The average Bonchev–Trinajstić information content (AvgIpc) is 2.77. The van der Waals surface area contributed by atoms with Crippen LogP contribution in [0.5, 0.6) is 5.75 Å². The number of anilines is 2. The number of hydrogen-bond acceptors (Lipinski definition) is 4. The highest BCUT2D eigenvalue weighted by molar-refractivity contribution is 5.96. The van der Waals surface area contributed by atoms with Crippen LogP contribution in [0.15, 0.2) is 48.5 Å². The van der Waals surface area contributed by atoms with E-state index >= 15 is 0 Å². The Kier molecular flexibility index (Phi) is 7.71. The van der Waals surface area contributed by atoms with Crippen molar-refractivity contribution in [1.29, 1.82) is 0 Å². The Balaban J connectivity index is 1.56. The Hall–Kier alpha value is -3.02. The zero-order valence-electron chi connectivity index (χ0n) is 17.8. The van der Waals surface area contributed by atoms with Gasteiger partial charge < -0.3 is 20.3 Å². The zero-order chi connectivity index (χ0) is 21.3. The van der Waals surface area contributed by atoms with Crippen LogP contribution in [0.25, 0.3) is 0 Å². The molecule has 0 unspecified atom stereocenters.